The van der Waals surface area contributed by atoms with Crippen molar-refractivity contribution in [2.75, 3.05) is 33.3 Å². The molecular weight excluding hydrogens is 244 g/mol. The van der Waals surface area contributed by atoms with Crippen LogP contribution in [-0.2, 0) is 9.53 Å². The number of carbonyl (C=O) groups excluding carboxylic acids is 1. The van der Waals surface area contributed by atoms with Crippen LogP contribution >= 0.6 is 0 Å². The number of aliphatic hydroxyl groups excluding tert-OH is 1. The molecule has 0 heterocycles. The van der Waals surface area contributed by atoms with E-state index in [1.165, 1.54) is 19.3 Å². The van der Waals surface area contributed by atoms with Crippen molar-refractivity contribution in [3.05, 3.63) is 0 Å². The van der Waals surface area contributed by atoms with Crippen LogP contribution in [0.15, 0.2) is 0 Å². The molecule has 0 spiro atoms. The van der Waals surface area contributed by atoms with Crippen molar-refractivity contribution < 1.29 is 14.6 Å². The second-order valence-electron chi connectivity index (χ2n) is 5.29. The Balaban J connectivity index is 2.04. The number of likely N-dealkylation sites (N-methyl/N-ethyl adjacent to an activating group) is 1. The minimum Gasteiger partial charge on any atom is -0.389 e. The molecular formula is C14H28N2O3. The summed E-state index contributed by atoms with van der Waals surface area (Å²) in [5, 5.41) is 12.7. The van der Waals surface area contributed by atoms with Gasteiger partial charge in [0.15, 0.2) is 0 Å². The number of aliphatic hydroxyl groups is 1. The second kappa shape index (κ2) is 9.28. The number of carbonyl (C=O) groups is 1. The molecule has 0 saturated heterocycles. The highest BCUT2D eigenvalue weighted by atomic mass is 16.5. The summed E-state index contributed by atoms with van der Waals surface area (Å²) in [7, 11) is 1.77. The van der Waals surface area contributed by atoms with Gasteiger partial charge in [0.05, 0.1) is 25.4 Å². The molecule has 0 aromatic carbocycles. The zero-order valence-electron chi connectivity index (χ0n) is 12.2. The first kappa shape index (κ1) is 16.4. The van der Waals surface area contributed by atoms with Gasteiger partial charge in [0.2, 0.25) is 5.91 Å². The third-order valence-electron chi connectivity index (χ3n) is 3.63. The zero-order chi connectivity index (χ0) is 14.1. The van der Waals surface area contributed by atoms with E-state index in [-0.39, 0.29) is 12.5 Å². The lowest BCUT2D eigenvalue weighted by Gasteiger charge is -2.23. The number of amides is 1. The van der Waals surface area contributed by atoms with E-state index < -0.39 is 6.10 Å². The molecule has 5 nitrogen and oxygen atoms in total. The highest BCUT2D eigenvalue weighted by Crippen LogP contribution is 2.20. The Morgan fingerprint density at radius 3 is 2.74 bits per heavy atom. The first-order chi connectivity index (χ1) is 9.13. The predicted octanol–water partition coefficient (Wildman–Crippen LogP) is 0.765. The third-order valence-corrected chi connectivity index (χ3v) is 3.63. The van der Waals surface area contributed by atoms with Gasteiger partial charge in [-0.2, -0.15) is 0 Å². The molecule has 1 saturated carbocycles. The van der Waals surface area contributed by atoms with E-state index in [9.17, 15) is 9.90 Å². The van der Waals surface area contributed by atoms with Crippen LogP contribution in [0.5, 0.6) is 0 Å². The minimum absolute atomic E-state index is 0.0444. The summed E-state index contributed by atoms with van der Waals surface area (Å²) in [6.07, 6.45) is 5.77. The quantitative estimate of drug-likeness (QED) is 0.685. The highest BCUT2D eigenvalue weighted by Gasteiger charge is 2.15. The molecule has 0 bridgehead atoms. The number of hydrogen-bond acceptors (Lipinski definition) is 4. The molecule has 1 fully saturated rings. The van der Waals surface area contributed by atoms with E-state index in [1.807, 2.05) is 6.92 Å². The fourth-order valence-electron chi connectivity index (χ4n) is 2.19. The predicted molar refractivity (Wildman–Crippen MR) is 75.0 cm³/mol. The molecule has 0 aromatic heterocycles. The van der Waals surface area contributed by atoms with E-state index in [0.29, 0.717) is 25.8 Å². The molecule has 0 radical (unpaired) electrons. The fraction of sp³-hybridized carbons (Fsp3) is 0.929. The third kappa shape index (κ3) is 6.89. The van der Waals surface area contributed by atoms with Gasteiger partial charge in [-0.1, -0.05) is 19.3 Å². The lowest BCUT2D eigenvalue weighted by atomic mass is 9.98. The molecule has 1 amide bonds. The van der Waals surface area contributed by atoms with E-state index in [1.54, 1.807) is 11.9 Å². The Morgan fingerprint density at radius 2 is 2.11 bits per heavy atom. The summed E-state index contributed by atoms with van der Waals surface area (Å²) in [5.41, 5.74) is 0. The molecule has 0 aliphatic heterocycles. The van der Waals surface area contributed by atoms with Gasteiger partial charge in [0.1, 0.15) is 0 Å². The number of nitrogens with one attached hydrogen (secondary N) is 1. The average molecular weight is 272 g/mol. The SMILES string of the molecule is CCN(C)C(=O)CNCC(O)COC1CCCCC1. The van der Waals surface area contributed by atoms with Crippen LogP contribution in [0, 0.1) is 0 Å². The van der Waals surface area contributed by atoms with E-state index in [4.69, 9.17) is 4.74 Å². The summed E-state index contributed by atoms with van der Waals surface area (Å²) in [5.74, 6) is 0.0444. The van der Waals surface area contributed by atoms with Gasteiger partial charge in [0, 0.05) is 20.1 Å². The molecule has 1 atom stereocenters. The lowest BCUT2D eigenvalue weighted by Crippen LogP contribution is -2.39. The van der Waals surface area contributed by atoms with Crippen LogP contribution in [0.25, 0.3) is 0 Å². The topological polar surface area (TPSA) is 61.8 Å². The maximum atomic E-state index is 11.5. The zero-order valence-corrected chi connectivity index (χ0v) is 12.2. The second-order valence-corrected chi connectivity index (χ2v) is 5.29. The van der Waals surface area contributed by atoms with Gasteiger partial charge in [-0.05, 0) is 19.8 Å². The van der Waals surface area contributed by atoms with Crippen molar-refractivity contribution >= 4 is 5.91 Å². The van der Waals surface area contributed by atoms with Gasteiger partial charge in [-0.15, -0.1) is 0 Å². The molecule has 1 aliphatic carbocycles. The van der Waals surface area contributed by atoms with E-state index >= 15 is 0 Å². The van der Waals surface area contributed by atoms with Crippen LogP contribution in [-0.4, -0.2) is 61.4 Å². The van der Waals surface area contributed by atoms with Crippen LogP contribution in [0.1, 0.15) is 39.0 Å². The van der Waals surface area contributed by atoms with Crippen LogP contribution in [0.4, 0.5) is 0 Å². The van der Waals surface area contributed by atoms with Crippen molar-refractivity contribution in [2.24, 2.45) is 0 Å². The molecule has 19 heavy (non-hydrogen) atoms. The van der Waals surface area contributed by atoms with Gasteiger partial charge in [-0.3, -0.25) is 4.79 Å². The first-order valence-corrected chi connectivity index (χ1v) is 7.37. The monoisotopic (exact) mass is 272 g/mol. The van der Waals surface area contributed by atoms with Crippen molar-refractivity contribution in [1.82, 2.24) is 10.2 Å². The summed E-state index contributed by atoms with van der Waals surface area (Å²) >= 11 is 0. The summed E-state index contributed by atoms with van der Waals surface area (Å²) in [6.45, 7) is 3.66. The minimum atomic E-state index is -0.540. The normalized spacial score (nSPS) is 18.3. The van der Waals surface area contributed by atoms with Gasteiger partial charge >= 0.3 is 0 Å². The number of nitrogens with zero attached hydrogens (tertiary/aromatic N) is 1. The van der Waals surface area contributed by atoms with Gasteiger partial charge in [0.25, 0.3) is 0 Å². The van der Waals surface area contributed by atoms with Crippen molar-refractivity contribution in [2.45, 2.75) is 51.2 Å². The number of rotatable bonds is 8. The molecule has 1 unspecified atom stereocenters. The summed E-state index contributed by atoms with van der Waals surface area (Å²) in [6, 6.07) is 0. The van der Waals surface area contributed by atoms with Crippen LogP contribution in [0.2, 0.25) is 0 Å². The lowest BCUT2D eigenvalue weighted by molar-refractivity contribution is -0.128. The van der Waals surface area contributed by atoms with Crippen LogP contribution < -0.4 is 5.32 Å². The average Bonchev–Trinajstić information content (AvgIpc) is 2.45. The molecule has 1 aliphatic rings. The summed E-state index contributed by atoms with van der Waals surface area (Å²) in [4.78, 5) is 13.2. The van der Waals surface area contributed by atoms with Crippen molar-refractivity contribution in [3.8, 4) is 0 Å². The maximum Gasteiger partial charge on any atom is 0.236 e. The Kier molecular flexibility index (Phi) is 8.02. The van der Waals surface area contributed by atoms with Crippen molar-refractivity contribution in [1.29, 1.82) is 0 Å². The molecule has 5 heteroatoms. The smallest absolute Gasteiger partial charge is 0.236 e. The maximum absolute atomic E-state index is 11.5. The Morgan fingerprint density at radius 1 is 1.42 bits per heavy atom. The molecule has 2 N–H and O–H groups in total. The van der Waals surface area contributed by atoms with Gasteiger partial charge in [-0.25, -0.2) is 0 Å². The largest absolute Gasteiger partial charge is 0.389 e. The molecule has 0 aromatic rings. The van der Waals surface area contributed by atoms with Crippen LogP contribution in [0.3, 0.4) is 0 Å². The van der Waals surface area contributed by atoms with Crippen molar-refractivity contribution in [3.63, 3.8) is 0 Å². The van der Waals surface area contributed by atoms with E-state index in [2.05, 4.69) is 5.32 Å². The van der Waals surface area contributed by atoms with Gasteiger partial charge < -0.3 is 20.1 Å². The standard InChI is InChI=1S/C14H28N2O3/c1-3-16(2)14(18)10-15-9-12(17)11-19-13-7-5-4-6-8-13/h12-13,15,17H,3-11H2,1-2H3. The molecule has 112 valence electrons. The first-order valence-electron chi connectivity index (χ1n) is 7.37. The molecule has 1 rings (SSSR count). The Hall–Kier alpha value is -0.650. The summed E-state index contributed by atoms with van der Waals surface area (Å²) < 4.78 is 5.69. The highest BCUT2D eigenvalue weighted by molar-refractivity contribution is 5.77. The number of ether oxygens (including phenoxy) is 1. The number of hydrogen-bond donors (Lipinski definition) is 2. The fourth-order valence-corrected chi connectivity index (χ4v) is 2.19. The Bertz CT molecular complexity index is 255. The van der Waals surface area contributed by atoms with E-state index in [0.717, 1.165) is 12.8 Å². The Labute approximate surface area is 116 Å².